The van der Waals surface area contributed by atoms with Gasteiger partial charge < -0.3 is 10.1 Å². The third-order valence-electron chi connectivity index (χ3n) is 5.27. The van der Waals surface area contributed by atoms with Crippen LogP contribution >= 0.6 is 0 Å². The molecule has 118 valence electrons. The highest BCUT2D eigenvalue weighted by molar-refractivity contribution is 4.90. The van der Waals surface area contributed by atoms with Crippen molar-refractivity contribution in [3.05, 3.63) is 0 Å². The SMILES string of the molecule is CCNC1CCN(CC2CN(CC)CCO2)C(C)C1C. The molecular weight excluding hydrogens is 250 g/mol. The number of nitrogens with one attached hydrogen (secondary N) is 1. The van der Waals surface area contributed by atoms with Gasteiger partial charge in [-0.05, 0) is 32.4 Å². The molecule has 4 atom stereocenters. The van der Waals surface area contributed by atoms with Crippen LogP contribution in [0.25, 0.3) is 0 Å². The molecule has 0 bridgehead atoms. The van der Waals surface area contributed by atoms with Crippen LogP contribution in [0.15, 0.2) is 0 Å². The van der Waals surface area contributed by atoms with Gasteiger partial charge in [0.25, 0.3) is 0 Å². The number of rotatable bonds is 5. The van der Waals surface area contributed by atoms with Gasteiger partial charge in [-0.15, -0.1) is 0 Å². The van der Waals surface area contributed by atoms with Crippen molar-refractivity contribution in [1.29, 1.82) is 0 Å². The third-order valence-corrected chi connectivity index (χ3v) is 5.27. The lowest BCUT2D eigenvalue weighted by molar-refractivity contribution is -0.0560. The van der Waals surface area contributed by atoms with Gasteiger partial charge in [0.05, 0.1) is 12.7 Å². The van der Waals surface area contributed by atoms with Gasteiger partial charge in [0.1, 0.15) is 0 Å². The van der Waals surface area contributed by atoms with E-state index in [-0.39, 0.29) is 0 Å². The summed E-state index contributed by atoms with van der Waals surface area (Å²) in [4.78, 5) is 5.15. The topological polar surface area (TPSA) is 27.7 Å². The van der Waals surface area contributed by atoms with E-state index < -0.39 is 0 Å². The van der Waals surface area contributed by atoms with Crippen LogP contribution in [0.4, 0.5) is 0 Å². The van der Waals surface area contributed by atoms with Gasteiger partial charge in [-0.1, -0.05) is 20.8 Å². The first-order valence-corrected chi connectivity index (χ1v) is 8.47. The number of morpholine rings is 1. The van der Waals surface area contributed by atoms with Crippen molar-refractivity contribution in [2.75, 3.05) is 45.9 Å². The number of ether oxygens (including phenoxy) is 1. The second-order valence-corrected chi connectivity index (χ2v) is 6.43. The van der Waals surface area contributed by atoms with Crippen LogP contribution in [0.5, 0.6) is 0 Å². The summed E-state index contributed by atoms with van der Waals surface area (Å²) < 4.78 is 5.97. The number of hydrogen-bond donors (Lipinski definition) is 1. The van der Waals surface area contributed by atoms with E-state index in [9.17, 15) is 0 Å². The lowest BCUT2D eigenvalue weighted by Crippen LogP contribution is -2.56. The normalized spacial score (nSPS) is 37.2. The van der Waals surface area contributed by atoms with Crippen LogP contribution in [-0.2, 0) is 4.74 Å². The summed E-state index contributed by atoms with van der Waals surface area (Å²) in [5, 5.41) is 3.64. The molecule has 2 fully saturated rings. The zero-order valence-electron chi connectivity index (χ0n) is 13.8. The van der Waals surface area contributed by atoms with Crippen molar-refractivity contribution in [2.45, 2.75) is 52.3 Å². The largest absolute Gasteiger partial charge is 0.374 e. The maximum atomic E-state index is 5.97. The third kappa shape index (κ3) is 3.94. The molecule has 2 aliphatic heterocycles. The van der Waals surface area contributed by atoms with Crippen molar-refractivity contribution >= 4 is 0 Å². The molecule has 2 saturated heterocycles. The van der Waals surface area contributed by atoms with E-state index in [4.69, 9.17) is 4.74 Å². The maximum Gasteiger partial charge on any atom is 0.0829 e. The molecule has 2 rings (SSSR count). The molecule has 4 heteroatoms. The van der Waals surface area contributed by atoms with Crippen molar-refractivity contribution in [3.63, 3.8) is 0 Å². The van der Waals surface area contributed by atoms with Crippen LogP contribution in [0, 0.1) is 5.92 Å². The predicted octanol–water partition coefficient (Wildman–Crippen LogP) is 1.42. The number of hydrogen-bond acceptors (Lipinski definition) is 4. The number of nitrogens with zero attached hydrogens (tertiary/aromatic N) is 2. The van der Waals surface area contributed by atoms with Gasteiger partial charge in [-0.2, -0.15) is 0 Å². The minimum atomic E-state index is 0.397. The fourth-order valence-electron chi connectivity index (χ4n) is 3.69. The zero-order valence-corrected chi connectivity index (χ0v) is 13.8. The van der Waals surface area contributed by atoms with Crippen LogP contribution in [0.2, 0.25) is 0 Å². The Balaban J connectivity index is 1.84. The highest BCUT2D eigenvalue weighted by atomic mass is 16.5. The Hall–Kier alpha value is -0.160. The lowest BCUT2D eigenvalue weighted by atomic mass is 9.86. The van der Waals surface area contributed by atoms with Crippen LogP contribution < -0.4 is 5.32 Å². The summed E-state index contributed by atoms with van der Waals surface area (Å²) in [5.41, 5.74) is 0. The molecule has 0 saturated carbocycles. The maximum absolute atomic E-state index is 5.97. The molecule has 4 nitrogen and oxygen atoms in total. The minimum Gasteiger partial charge on any atom is -0.374 e. The average Bonchev–Trinajstić information content (AvgIpc) is 2.47. The second-order valence-electron chi connectivity index (χ2n) is 6.43. The van der Waals surface area contributed by atoms with E-state index >= 15 is 0 Å². The molecule has 1 N–H and O–H groups in total. The Labute approximate surface area is 124 Å². The number of piperidine rings is 1. The number of likely N-dealkylation sites (tertiary alicyclic amines) is 1. The summed E-state index contributed by atoms with van der Waals surface area (Å²) in [6, 6.07) is 1.33. The molecule has 0 aromatic heterocycles. The summed E-state index contributed by atoms with van der Waals surface area (Å²) in [7, 11) is 0. The van der Waals surface area contributed by atoms with Gasteiger partial charge in [0.2, 0.25) is 0 Å². The minimum absolute atomic E-state index is 0.397. The Bertz CT molecular complexity index is 287. The van der Waals surface area contributed by atoms with Crippen molar-refractivity contribution in [1.82, 2.24) is 15.1 Å². The van der Waals surface area contributed by atoms with Crippen molar-refractivity contribution in [2.24, 2.45) is 5.92 Å². The first kappa shape index (κ1) is 16.2. The zero-order chi connectivity index (χ0) is 14.5. The van der Waals surface area contributed by atoms with Gasteiger partial charge in [0.15, 0.2) is 0 Å². The number of likely N-dealkylation sites (N-methyl/N-ethyl adjacent to an activating group) is 1. The molecule has 0 amide bonds. The summed E-state index contributed by atoms with van der Waals surface area (Å²) >= 11 is 0. The molecule has 4 unspecified atom stereocenters. The summed E-state index contributed by atoms with van der Waals surface area (Å²) in [5.74, 6) is 0.717. The Morgan fingerprint density at radius 3 is 2.70 bits per heavy atom. The first-order valence-electron chi connectivity index (χ1n) is 8.47. The highest BCUT2D eigenvalue weighted by Gasteiger charge is 2.33. The molecule has 20 heavy (non-hydrogen) atoms. The smallest absolute Gasteiger partial charge is 0.0829 e. The highest BCUT2D eigenvalue weighted by Crippen LogP contribution is 2.24. The molecule has 0 spiro atoms. The average molecular weight is 283 g/mol. The predicted molar refractivity (Wildman–Crippen MR) is 84.1 cm³/mol. The molecule has 2 aliphatic rings. The molecule has 0 radical (unpaired) electrons. The molecule has 0 aromatic rings. The Morgan fingerprint density at radius 1 is 1.20 bits per heavy atom. The van der Waals surface area contributed by atoms with E-state index in [0.717, 1.165) is 45.2 Å². The van der Waals surface area contributed by atoms with E-state index in [1.807, 2.05) is 0 Å². The summed E-state index contributed by atoms with van der Waals surface area (Å²) in [6.07, 6.45) is 1.66. The van der Waals surface area contributed by atoms with Crippen LogP contribution in [-0.4, -0.2) is 73.9 Å². The Morgan fingerprint density at radius 2 is 2.00 bits per heavy atom. The fourth-order valence-corrected chi connectivity index (χ4v) is 3.69. The quantitative estimate of drug-likeness (QED) is 0.826. The van der Waals surface area contributed by atoms with Crippen LogP contribution in [0.1, 0.15) is 34.1 Å². The lowest BCUT2D eigenvalue weighted by Gasteiger charge is -2.45. The van der Waals surface area contributed by atoms with E-state index in [2.05, 4.69) is 42.8 Å². The Kier molecular flexibility index (Phi) is 6.27. The molecule has 0 aromatic carbocycles. The molecule has 2 heterocycles. The van der Waals surface area contributed by atoms with Gasteiger partial charge >= 0.3 is 0 Å². The molecule has 0 aliphatic carbocycles. The van der Waals surface area contributed by atoms with Crippen LogP contribution in [0.3, 0.4) is 0 Å². The van der Waals surface area contributed by atoms with Crippen molar-refractivity contribution in [3.8, 4) is 0 Å². The monoisotopic (exact) mass is 283 g/mol. The van der Waals surface area contributed by atoms with E-state index in [0.29, 0.717) is 18.2 Å². The second kappa shape index (κ2) is 7.74. The van der Waals surface area contributed by atoms with Gasteiger partial charge in [-0.25, -0.2) is 0 Å². The summed E-state index contributed by atoms with van der Waals surface area (Å²) in [6.45, 7) is 16.9. The van der Waals surface area contributed by atoms with Crippen molar-refractivity contribution < 1.29 is 4.74 Å². The molecular formula is C16H33N3O. The van der Waals surface area contributed by atoms with Gasteiger partial charge in [-0.3, -0.25) is 9.80 Å². The first-order chi connectivity index (χ1) is 9.65. The van der Waals surface area contributed by atoms with E-state index in [1.165, 1.54) is 13.0 Å². The van der Waals surface area contributed by atoms with E-state index in [1.54, 1.807) is 0 Å². The fraction of sp³-hybridized carbons (Fsp3) is 1.00. The van der Waals surface area contributed by atoms with Gasteiger partial charge in [0, 0.05) is 38.3 Å². The standard InChI is InChI=1S/C16H33N3O/c1-5-17-16-7-8-19(14(4)13(16)3)12-15-11-18(6-2)9-10-20-15/h13-17H,5-12H2,1-4H3.